The van der Waals surface area contributed by atoms with E-state index in [0.717, 1.165) is 31.5 Å². The van der Waals surface area contributed by atoms with Crippen molar-refractivity contribution in [1.82, 2.24) is 0 Å². The minimum absolute atomic E-state index is 0.0711. The van der Waals surface area contributed by atoms with Crippen LogP contribution in [0, 0.1) is 10.1 Å². The normalized spacial score (nSPS) is 10.4. The fraction of sp³-hybridized carbons (Fsp3) is 0.100. The van der Waals surface area contributed by atoms with Crippen LogP contribution in [0.5, 0.6) is 5.75 Å². The summed E-state index contributed by atoms with van der Waals surface area (Å²) in [7, 11) is 0. The molecule has 3 aromatic rings. The van der Waals surface area contributed by atoms with Crippen molar-refractivity contribution in [3.63, 3.8) is 0 Å². The lowest BCUT2D eigenvalue weighted by molar-refractivity contribution is -0.384. The van der Waals surface area contributed by atoms with Crippen LogP contribution in [0.4, 0.5) is 11.4 Å². The molecule has 5 nitrogen and oxygen atoms in total. The molecule has 0 fully saturated rings. The molecular formula is C20H16Br2N2O3. The summed E-state index contributed by atoms with van der Waals surface area (Å²) in [6.07, 6.45) is 0. The van der Waals surface area contributed by atoms with E-state index >= 15 is 0 Å². The Balaban J connectivity index is 1.67. The average molecular weight is 492 g/mol. The molecule has 0 unspecified atom stereocenters. The predicted molar refractivity (Wildman–Crippen MR) is 113 cm³/mol. The van der Waals surface area contributed by atoms with Gasteiger partial charge >= 0.3 is 0 Å². The molecule has 0 aliphatic carbocycles. The number of nitrogens with zero attached hydrogens (tertiary/aromatic N) is 1. The van der Waals surface area contributed by atoms with Gasteiger partial charge in [-0.15, -0.1) is 0 Å². The molecule has 1 N–H and O–H groups in total. The predicted octanol–water partition coefficient (Wildman–Crippen LogP) is 6.31. The standard InChI is InChI=1S/C20H16Br2N2O3/c21-16-3-6-18(7-4-16)23-12-15-11-17(22)5-10-20(15)27-13-14-1-8-19(9-2-14)24(25)26/h1-11,23H,12-13H2. The van der Waals surface area contributed by atoms with E-state index in [1.807, 2.05) is 42.5 Å². The number of halogens is 2. The van der Waals surface area contributed by atoms with Crippen LogP contribution in [0.3, 0.4) is 0 Å². The van der Waals surface area contributed by atoms with Crippen LogP contribution in [-0.4, -0.2) is 4.92 Å². The minimum atomic E-state index is -0.411. The highest BCUT2D eigenvalue weighted by Crippen LogP contribution is 2.26. The summed E-state index contributed by atoms with van der Waals surface area (Å²) in [6.45, 7) is 0.946. The molecule has 0 spiro atoms. The first-order valence-electron chi connectivity index (χ1n) is 8.15. The first kappa shape index (κ1) is 19.4. The smallest absolute Gasteiger partial charge is 0.269 e. The quantitative estimate of drug-likeness (QED) is 0.310. The van der Waals surface area contributed by atoms with Gasteiger partial charge in [0.05, 0.1) is 4.92 Å². The molecule has 0 saturated carbocycles. The van der Waals surface area contributed by atoms with Crippen LogP contribution >= 0.6 is 31.9 Å². The van der Waals surface area contributed by atoms with Crippen molar-refractivity contribution in [3.05, 3.63) is 96.9 Å². The molecule has 138 valence electrons. The number of anilines is 1. The Morgan fingerprint density at radius 1 is 0.926 bits per heavy atom. The van der Waals surface area contributed by atoms with Crippen LogP contribution in [0.15, 0.2) is 75.7 Å². The molecule has 0 saturated heterocycles. The Morgan fingerprint density at radius 3 is 2.26 bits per heavy atom. The number of ether oxygens (including phenoxy) is 1. The maximum Gasteiger partial charge on any atom is 0.269 e. The summed E-state index contributed by atoms with van der Waals surface area (Å²) in [5.74, 6) is 0.765. The maximum absolute atomic E-state index is 10.7. The zero-order valence-electron chi connectivity index (χ0n) is 14.2. The van der Waals surface area contributed by atoms with Crippen LogP contribution in [-0.2, 0) is 13.2 Å². The zero-order valence-corrected chi connectivity index (χ0v) is 17.4. The van der Waals surface area contributed by atoms with E-state index in [4.69, 9.17) is 4.74 Å². The van der Waals surface area contributed by atoms with E-state index in [1.54, 1.807) is 12.1 Å². The van der Waals surface area contributed by atoms with Crippen molar-refractivity contribution in [3.8, 4) is 5.75 Å². The summed E-state index contributed by atoms with van der Waals surface area (Å²) in [5, 5.41) is 14.1. The van der Waals surface area contributed by atoms with E-state index in [-0.39, 0.29) is 5.69 Å². The second-order valence-electron chi connectivity index (χ2n) is 5.82. The summed E-state index contributed by atoms with van der Waals surface area (Å²) < 4.78 is 7.95. The number of non-ortho nitro benzene ring substituents is 1. The van der Waals surface area contributed by atoms with Crippen LogP contribution in [0.2, 0.25) is 0 Å². The SMILES string of the molecule is O=[N+]([O-])c1ccc(COc2ccc(Br)cc2CNc2ccc(Br)cc2)cc1. The largest absolute Gasteiger partial charge is 0.489 e. The number of nitro groups is 1. The molecule has 0 amide bonds. The third kappa shape index (κ3) is 5.55. The molecule has 0 bridgehead atoms. The van der Waals surface area contributed by atoms with Gasteiger partial charge in [-0.1, -0.05) is 31.9 Å². The third-order valence-corrected chi connectivity index (χ3v) is 4.91. The van der Waals surface area contributed by atoms with Crippen molar-refractivity contribution in [2.24, 2.45) is 0 Å². The van der Waals surface area contributed by atoms with Crippen molar-refractivity contribution < 1.29 is 9.66 Å². The van der Waals surface area contributed by atoms with Crippen molar-refractivity contribution in [2.75, 3.05) is 5.32 Å². The highest BCUT2D eigenvalue weighted by atomic mass is 79.9. The summed E-state index contributed by atoms with van der Waals surface area (Å²) in [6, 6.07) is 20.2. The van der Waals surface area contributed by atoms with Gasteiger partial charge in [-0.3, -0.25) is 10.1 Å². The minimum Gasteiger partial charge on any atom is -0.489 e. The lowest BCUT2D eigenvalue weighted by atomic mass is 10.2. The van der Waals surface area contributed by atoms with Gasteiger partial charge in [0.15, 0.2) is 0 Å². The van der Waals surface area contributed by atoms with E-state index in [1.165, 1.54) is 12.1 Å². The molecule has 0 aliphatic rings. The molecule has 0 radical (unpaired) electrons. The first-order chi connectivity index (χ1) is 13.0. The molecule has 0 aliphatic heterocycles. The van der Waals surface area contributed by atoms with Crippen LogP contribution < -0.4 is 10.1 Å². The van der Waals surface area contributed by atoms with Crippen LogP contribution in [0.1, 0.15) is 11.1 Å². The fourth-order valence-electron chi connectivity index (χ4n) is 2.47. The Morgan fingerprint density at radius 2 is 1.59 bits per heavy atom. The number of hydrogen-bond donors (Lipinski definition) is 1. The highest BCUT2D eigenvalue weighted by molar-refractivity contribution is 9.10. The Kier molecular flexibility index (Phi) is 6.47. The van der Waals surface area contributed by atoms with Gasteiger partial charge in [0, 0.05) is 38.9 Å². The van der Waals surface area contributed by atoms with E-state index in [9.17, 15) is 10.1 Å². The second-order valence-corrected chi connectivity index (χ2v) is 7.66. The van der Waals surface area contributed by atoms with Gasteiger partial charge < -0.3 is 10.1 Å². The fourth-order valence-corrected chi connectivity index (χ4v) is 3.14. The Bertz CT molecular complexity index is 929. The van der Waals surface area contributed by atoms with Gasteiger partial charge in [0.25, 0.3) is 5.69 Å². The maximum atomic E-state index is 10.7. The summed E-state index contributed by atoms with van der Waals surface area (Å²) >= 11 is 6.92. The van der Waals surface area contributed by atoms with E-state index in [2.05, 4.69) is 37.2 Å². The molecule has 7 heteroatoms. The van der Waals surface area contributed by atoms with E-state index in [0.29, 0.717) is 13.2 Å². The number of rotatable bonds is 7. The summed E-state index contributed by atoms with van der Waals surface area (Å²) in [4.78, 5) is 10.3. The molecule has 0 aromatic heterocycles. The summed E-state index contributed by atoms with van der Waals surface area (Å²) in [5.41, 5.74) is 2.96. The van der Waals surface area contributed by atoms with Gasteiger partial charge in [-0.2, -0.15) is 0 Å². The molecule has 3 aromatic carbocycles. The van der Waals surface area contributed by atoms with Gasteiger partial charge in [0.1, 0.15) is 12.4 Å². The number of nitrogens with one attached hydrogen (secondary N) is 1. The highest BCUT2D eigenvalue weighted by Gasteiger charge is 2.08. The lowest BCUT2D eigenvalue weighted by Gasteiger charge is -2.14. The van der Waals surface area contributed by atoms with Gasteiger partial charge in [-0.25, -0.2) is 0 Å². The van der Waals surface area contributed by atoms with E-state index < -0.39 is 4.92 Å². The Hall–Kier alpha value is -2.38. The molecular weight excluding hydrogens is 476 g/mol. The monoisotopic (exact) mass is 490 g/mol. The number of hydrogen-bond acceptors (Lipinski definition) is 4. The van der Waals surface area contributed by atoms with Gasteiger partial charge in [-0.05, 0) is 60.2 Å². The number of benzene rings is 3. The molecule has 0 heterocycles. The second kappa shape index (κ2) is 9.01. The number of nitro benzene ring substituents is 1. The third-order valence-electron chi connectivity index (χ3n) is 3.89. The lowest BCUT2D eigenvalue weighted by Crippen LogP contribution is -2.04. The van der Waals surface area contributed by atoms with Crippen molar-refractivity contribution >= 4 is 43.2 Å². The average Bonchev–Trinajstić information content (AvgIpc) is 2.67. The molecule has 0 atom stereocenters. The van der Waals surface area contributed by atoms with Crippen molar-refractivity contribution in [2.45, 2.75) is 13.2 Å². The van der Waals surface area contributed by atoms with Crippen molar-refractivity contribution in [1.29, 1.82) is 0 Å². The topological polar surface area (TPSA) is 64.4 Å². The Labute approximate surface area is 173 Å². The van der Waals surface area contributed by atoms with Crippen LogP contribution in [0.25, 0.3) is 0 Å². The zero-order chi connectivity index (χ0) is 19.2. The molecule has 27 heavy (non-hydrogen) atoms. The molecule has 3 rings (SSSR count). The van der Waals surface area contributed by atoms with Gasteiger partial charge in [0.2, 0.25) is 0 Å². The first-order valence-corrected chi connectivity index (χ1v) is 9.74.